The standard InChI is InChI=1S/C18H16ClN5O3/c1-2-15(25)22-13-5-3-11(4-6-13)10-24-16(26)7-14(17(24)27)23-18-20-8-12(19)9-21-18/h2-6,8-9,14H,1,7,10H2,(H,22,25)(H,20,21,23)/t14-/m1/s1. The minimum Gasteiger partial charge on any atom is -0.342 e. The first-order valence-electron chi connectivity index (χ1n) is 8.07. The molecule has 1 aromatic heterocycles. The number of carbonyl (C=O) groups is 3. The molecule has 138 valence electrons. The minimum atomic E-state index is -0.718. The highest BCUT2D eigenvalue weighted by molar-refractivity contribution is 6.30. The SMILES string of the molecule is C=CC(=O)Nc1ccc(CN2C(=O)C[C@@H](Nc3ncc(Cl)cn3)C2=O)cc1. The monoisotopic (exact) mass is 385 g/mol. The van der Waals surface area contributed by atoms with Crippen molar-refractivity contribution in [2.75, 3.05) is 10.6 Å². The van der Waals surface area contributed by atoms with Gasteiger partial charge in [0.15, 0.2) is 0 Å². The van der Waals surface area contributed by atoms with Gasteiger partial charge in [0.25, 0.3) is 5.91 Å². The van der Waals surface area contributed by atoms with E-state index < -0.39 is 6.04 Å². The number of carbonyl (C=O) groups excluding carboxylic acids is 3. The number of rotatable bonds is 6. The summed E-state index contributed by atoms with van der Waals surface area (Å²) < 4.78 is 0. The highest BCUT2D eigenvalue weighted by Gasteiger charge is 2.38. The summed E-state index contributed by atoms with van der Waals surface area (Å²) in [5.74, 6) is -0.709. The van der Waals surface area contributed by atoms with Gasteiger partial charge in [0.1, 0.15) is 6.04 Å². The van der Waals surface area contributed by atoms with Gasteiger partial charge < -0.3 is 10.6 Å². The summed E-state index contributed by atoms with van der Waals surface area (Å²) in [5, 5.41) is 5.86. The first-order chi connectivity index (χ1) is 13.0. The summed E-state index contributed by atoms with van der Waals surface area (Å²) in [6, 6.07) is 6.15. The molecule has 0 saturated carbocycles. The van der Waals surface area contributed by atoms with Crippen LogP contribution in [0.4, 0.5) is 11.6 Å². The molecular weight excluding hydrogens is 370 g/mol. The zero-order chi connectivity index (χ0) is 19.4. The molecule has 1 aliphatic rings. The van der Waals surface area contributed by atoms with Crippen LogP contribution in [0.3, 0.4) is 0 Å². The Balaban J connectivity index is 1.64. The lowest BCUT2D eigenvalue weighted by Gasteiger charge is -2.16. The normalized spacial score (nSPS) is 16.3. The van der Waals surface area contributed by atoms with Crippen molar-refractivity contribution in [3.8, 4) is 0 Å². The predicted molar refractivity (Wildman–Crippen MR) is 99.9 cm³/mol. The van der Waals surface area contributed by atoms with Crippen LogP contribution in [0.15, 0.2) is 49.3 Å². The summed E-state index contributed by atoms with van der Waals surface area (Å²) in [6.45, 7) is 3.53. The average Bonchev–Trinajstić information content (AvgIpc) is 2.92. The second kappa shape index (κ2) is 7.96. The van der Waals surface area contributed by atoms with Crippen LogP contribution in [-0.2, 0) is 20.9 Å². The highest BCUT2D eigenvalue weighted by atomic mass is 35.5. The number of likely N-dealkylation sites (tertiary alicyclic amines) is 1. The van der Waals surface area contributed by atoms with Crippen LogP contribution in [-0.4, -0.2) is 38.6 Å². The third-order valence-corrected chi connectivity index (χ3v) is 4.11. The minimum absolute atomic E-state index is 0.0261. The van der Waals surface area contributed by atoms with E-state index in [0.29, 0.717) is 10.7 Å². The van der Waals surface area contributed by atoms with Crippen molar-refractivity contribution in [3.63, 3.8) is 0 Å². The summed E-state index contributed by atoms with van der Waals surface area (Å²) in [7, 11) is 0. The van der Waals surface area contributed by atoms with Gasteiger partial charge in [-0.3, -0.25) is 19.3 Å². The van der Waals surface area contributed by atoms with E-state index in [0.717, 1.165) is 5.56 Å². The Morgan fingerprint density at radius 3 is 2.56 bits per heavy atom. The van der Waals surface area contributed by atoms with E-state index in [1.807, 2.05) is 0 Å². The third kappa shape index (κ3) is 4.48. The Hall–Kier alpha value is -3.26. The van der Waals surface area contributed by atoms with Crippen molar-refractivity contribution in [2.24, 2.45) is 0 Å². The van der Waals surface area contributed by atoms with E-state index in [4.69, 9.17) is 11.6 Å². The molecule has 9 heteroatoms. The van der Waals surface area contributed by atoms with E-state index >= 15 is 0 Å². The molecule has 1 aromatic carbocycles. The molecule has 3 rings (SSSR count). The van der Waals surface area contributed by atoms with Crippen LogP contribution in [0, 0.1) is 0 Å². The van der Waals surface area contributed by atoms with Gasteiger partial charge in [0, 0.05) is 5.69 Å². The number of amides is 3. The number of halogens is 1. The van der Waals surface area contributed by atoms with Gasteiger partial charge in [-0.25, -0.2) is 9.97 Å². The average molecular weight is 386 g/mol. The maximum absolute atomic E-state index is 12.5. The van der Waals surface area contributed by atoms with Gasteiger partial charge in [-0.2, -0.15) is 0 Å². The van der Waals surface area contributed by atoms with Gasteiger partial charge in [-0.05, 0) is 23.8 Å². The number of anilines is 2. The van der Waals surface area contributed by atoms with E-state index in [-0.39, 0.29) is 36.6 Å². The second-order valence-electron chi connectivity index (χ2n) is 5.83. The summed E-state index contributed by atoms with van der Waals surface area (Å²) >= 11 is 5.73. The zero-order valence-electron chi connectivity index (χ0n) is 14.2. The molecule has 0 radical (unpaired) electrons. The molecule has 2 aromatic rings. The van der Waals surface area contributed by atoms with Crippen molar-refractivity contribution in [1.82, 2.24) is 14.9 Å². The van der Waals surface area contributed by atoms with Gasteiger partial charge in [-0.15, -0.1) is 0 Å². The topological polar surface area (TPSA) is 104 Å². The van der Waals surface area contributed by atoms with Crippen molar-refractivity contribution in [1.29, 1.82) is 0 Å². The molecule has 0 unspecified atom stereocenters. The molecule has 1 aliphatic heterocycles. The van der Waals surface area contributed by atoms with Crippen LogP contribution in [0.5, 0.6) is 0 Å². The second-order valence-corrected chi connectivity index (χ2v) is 6.27. The number of hydrogen-bond acceptors (Lipinski definition) is 6. The number of nitrogens with one attached hydrogen (secondary N) is 2. The van der Waals surface area contributed by atoms with Gasteiger partial charge in [-0.1, -0.05) is 30.3 Å². The highest BCUT2D eigenvalue weighted by Crippen LogP contribution is 2.20. The zero-order valence-corrected chi connectivity index (χ0v) is 14.9. The van der Waals surface area contributed by atoms with E-state index in [2.05, 4.69) is 27.2 Å². The molecule has 3 amide bonds. The molecule has 2 N–H and O–H groups in total. The van der Waals surface area contributed by atoms with Crippen molar-refractivity contribution < 1.29 is 14.4 Å². The molecule has 1 fully saturated rings. The lowest BCUT2D eigenvalue weighted by Crippen LogP contribution is -2.34. The van der Waals surface area contributed by atoms with Crippen LogP contribution in [0.2, 0.25) is 5.02 Å². The first kappa shape index (κ1) is 18.5. The fourth-order valence-corrected chi connectivity index (χ4v) is 2.67. The van der Waals surface area contributed by atoms with E-state index in [9.17, 15) is 14.4 Å². The molecule has 0 aliphatic carbocycles. The van der Waals surface area contributed by atoms with Gasteiger partial charge >= 0.3 is 0 Å². The van der Waals surface area contributed by atoms with Crippen molar-refractivity contribution in [2.45, 2.75) is 19.0 Å². The van der Waals surface area contributed by atoms with Gasteiger partial charge in [0.2, 0.25) is 17.8 Å². The Kier molecular flexibility index (Phi) is 5.46. The molecular formula is C18H16ClN5O3. The number of benzene rings is 1. The maximum Gasteiger partial charge on any atom is 0.252 e. The number of imide groups is 1. The maximum atomic E-state index is 12.5. The van der Waals surface area contributed by atoms with E-state index in [1.165, 1.54) is 23.4 Å². The number of nitrogens with zero attached hydrogens (tertiary/aromatic N) is 3. The molecule has 27 heavy (non-hydrogen) atoms. The quantitative estimate of drug-likeness (QED) is 0.582. The predicted octanol–water partition coefficient (Wildman–Crippen LogP) is 1.99. The van der Waals surface area contributed by atoms with Crippen molar-refractivity contribution >= 4 is 41.0 Å². The van der Waals surface area contributed by atoms with Crippen LogP contribution in [0.1, 0.15) is 12.0 Å². The Morgan fingerprint density at radius 2 is 1.93 bits per heavy atom. The van der Waals surface area contributed by atoms with Crippen LogP contribution in [0.25, 0.3) is 0 Å². The van der Waals surface area contributed by atoms with Crippen LogP contribution < -0.4 is 10.6 Å². The molecule has 0 bridgehead atoms. The first-order valence-corrected chi connectivity index (χ1v) is 8.44. The van der Waals surface area contributed by atoms with Crippen molar-refractivity contribution in [3.05, 3.63) is 59.9 Å². The molecule has 0 spiro atoms. The van der Waals surface area contributed by atoms with Crippen LogP contribution >= 0.6 is 11.6 Å². The smallest absolute Gasteiger partial charge is 0.252 e. The Labute approximate surface area is 160 Å². The molecule has 1 saturated heterocycles. The Bertz CT molecular complexity index is 883. The fourth-order valence-electron chi connectivity index (χ4n) is 2.57. The van der Waals surface area contributed by atoms with E-state index in [1.54, 1.807) is 24.3 Å². The molecule has 8 nitrogen and oxygen atoms in total. The number of hydrogen-bond donors (Lipinski definition) is 2. The Morgan fingerprint density at radius 1 is 1.26 bits per heavy atom. The molecule has 1 atom stereocenters. The summed E-state index contributed by atoms with van der Waals surface area (Å²) in [5.41, 5.74) is 1.36. The summed E-state index contributed by atoms with van der Waals surface area (Å²) in [4.78, 5) is 45.2. The van der Waals surface area contributed by atoms with Gasteiger partial charge in [0.05, 0.1) is 30.4 Å². The third-order valence-electron chi connectivity index (χ3n) is 3.92. The number of aromatic nitrogens is 2. The largest absolute Gasteiger partial charge is 0.342 e. The lowest BCUT2D eigenvalue weighted by atomic mass is 10.2. The summed E-state index contributed by atoms with van der Waals surface area (Å²) in [6.07, 6.45) is 4.01. The lowest BCUT2D eigenvalue weighted by molar-refractivity contribution is -0.139. The molecule has 2 heterocycles. The fraction of sp³-hybridized carbons (Fsp3) is 0.167.